The number of benzene rings is 1. The van der Waals surface area contributed by atoms with Crippen LogP contribution < -0.4 is 10.6 Å². The molecule has 122 valence electrons. The monoisotopic (exact) mass is 316 g/mol. The average molecular weight is 316 g/mol. The van der Waals surface area contributed by atoms with Crippen molar-refractivity contribution >= 4 is 11.6 Å². The van der Waals surface area contributed by atoms with Gasteiger partial charge in [-0.2, -0.15) is 0 Å². The second kappa shape index (κ2) is 7.48. The first kappa shape index (κ1) is 15.8. The highest BCUT2D eigenvalue weighted by molar-refractivity contribution is 5.54. The molecule has 3 rings (SSSR count). The van der Waals surface area contributed by atoms with E-state index in [1.165, 1.54) is 6.07 Å². The lowest BCUT2D eigenvalue weighted by molar-refractivity contribution is 0.0275. The minimum atomic E-state index is -0.335. The van der Waals surface area contributed by atoms with E-state index in [1.807, 2.05) is 6.07 Å². The summed E-state index contributed by atoms with van der Waals surface area (Å²) in [5.74, 6) is 0.0602. The Morgan fingerprint density at radius 3 is 2.83 bits per heavy atom. The minimum absolute atomic E-state index is 0.100. The van der Waals surface area contributed by atoms with Gasteiger partial charge >= 0.3 is 0 Å². The molecule has 0 radical (unpaired) electrons. The highest BCUT2D eigenvalue weighted by Gasteiger charge is 2.17. The van der Waals surface area contributed by atoms with Crippen LogP contribution in [0.1, 0.15) is 30.6 Å². The number of aromatic nitrogens is 2. The van der Waals surface area contributed by atoms with E-state index in [9.17, 15) is 4.39 Å². The van der Waals surface area contributed by atoms with Gasteiger partial charge in [-0.25, -0.2) is 14.4 Å². The van der Waals surface area contributed by atoms with Gasteiger partial charge < -0.3 is 15.4 Å². The molecule has 1 aliphatic heterocycles. The molecule has 0 amide bonds. The second-order valence-corrected chi connectivity index (χ2v) is 5.59. The first-order chi connectivity index (χ1) is 11.3. The Labute approximate surface area is 135 Å². The highest BCUT2D eigenvalue weighted by Crippen LogP contribution is 2.24. The molecule has 2 heterocycles. The zero-order chi connectivity index (χ0) is 16.1. The van der Waals surface area contributed by atoms with Crippen LogP contribution in [0.5, 0.6) is 0 Å². The summed E-state index contributed by atoms with van der Waals surface area (Å²) in [6.45, 7) is 4.29. The van der Waals surface area contributed by atoms with E-state index >= 15 is 0 Å². The summed E-state index contributed by atoms with van der Waals surface area (Å²) in [6, 6.07) is 5.08. The van der Waals surface area contributed by atoms with E-state index in [-0.39, 0.29) is 11.9 Å². The number of anilines is 2. The van der Waals surface area contributed by atoms with Crippen molar-refractivity contribution in [1.29, 1.82) is 0 Å². The van der Waals surface area contributed by atoms with Crippen LogP contribution in [0.2, 0.25) is 0 Å². The number of ether oxygens (including phenoxy) is 1. The zero-order valence-corrected chi connectivity index (χ0v) is 13.2. The van der Waals surface area contributed by atoms with Gasteiger partial charge in [-0.1, -0.05) is 19.4 Å². The lowest BCUT2D eigenvalue weighted by Crippen LogP contribution is -2.33. The standard InChI is InChI=1S/C17H21FN4O/c1-2-3-12-9-20-17(21-10-12)22-15-5-4-13(8-14(15)18)16-11-19-6-7-23-16/h4-5,8-10,16,19H,2-3,6-7,11H2,1H3,(H,20,21,22). The van der Waals surface area contributed by atoms with Gasteiger partial charge in [0.25, 0.3) is 0 Å². The smallest absolute Gasteiger partial charge is 0.227 e. The predicted molar refractivity (Wildman–Crippen MR) is 87.3 cm³/mol. The Kier molecular flexibility index (Phi) is 5.15. The summed E-state index contributed by atoms with van der Waals surface area (Å²) in [6.07, 6.45) is 5.43. The van der Waals surface area contributed by atoms with Crippen LogP contribution in [0, 0.1) is 5.82 Å². The number of nitrogens with zero attached hydrogens (tertiary/aromatic N) is 2. The van der Waals surface area contributed by atoms with Crippen molar-refractivity contribution in [3.8, 4) is 0 Å². The van der Waals surface area contributed by atoms with Crippen LogP contribution >= 0.6 is 0 Å². The summed E-state index contributed by atoms with van der Waals surface area (Å²) in [4.78, 5) is 8.44. The van der Waals surface area contributed by atoms with Crippen LogP contribution in [0.4, 0.5) is 16.0 Å². The normalized spacial score (nSPS) is 17.9. The van der Waals surface area contributed by atoms with Crippen molar-refractivity contribution in [2.24, 2.45) is 0 Å². The van der Waals surface area contributed by atoms with Crippen molar-refractivity contribution < 1.29 is 9.13 Å². The molecule has 1 aromatic heterocycles. The number of hydrogen-bond acceptors (Lipinski definition) is 5. The maximum absolute atomic E-state index is 14.3. The Hall–Kier alpha value is -2.05. The number of nitrogens with one attached hydrogen (secondary N) is 2. The molecule has 1 aromatic carbocycles. The molecule has 5 nitrogen and oxygen atoms in total. The number of hydrogen-bond donors (Lipinski definition) is 2. The van der Waals surface area contributed by atoms with Gasteiger partial charge in [0.1, 0.15) is 5.82 Å². The maximum atomic E-state index is 14.3. The van der Waals surface area contributed by atoms with Crippen LogP contribution in [0.15, 0.2) is 30.6 Å². The third-order valence-corrected chi connectivity index (χ3v) is 3.78. The van der Waals surface area contributed by atoms with Crippen molar-refractivity contribution in [2.45, 2.75) is 25.9 Å². The van der Waals surface area contributed by atoms with Crippen molar-refractivity contribution in [1.82, 2.24) is 15.3 Å². The Morgan fingerprint density at radius 1 is 1.35 bits per heavy atom. The third kappa shape index (κ3) is 4.03. The molecule has 6 heteroatoms. The predicted octanol–water partition coefficient (Wildman–Crippen LogP) is 2.97. The van der Waals surface area contributed by atoms with Crippen LogP contribution in [-0.4, -0.2) is 29.7 Å². The van der Waals surface area contributed by atoms with Gasteiger partial charge in [0.05, 0.1) is 18.4 Å². The third-order valence-electron chi connectivity index (χ3n) is 3.78. The van der Waals surface area contributed by atoms with Crippen LogP contribution in [-0.2, 0) is 11.2 Å². The van der Waals surface area contributed by atoms with Gasteiger partial charge in [0.2, 0.25) is 5.95 Å². The first-order valence-corrected chi connectivity index (χ1v) is 7.96. The van der Waals surface area contributed by atoms with Gasteiger partial charge in [0, 0.05) is 25.5 Å². The molecule has 0 spiro atoms. The van der Waals surface area contributed by atoms with Gasteiger partial charge in [0.15, 0.2) is 0 Å². The second-order valence-electron chi connectivity index (χ2n) is 5.59. The quantitative estimate of drug-likeness (QED) is 0.888. The number of rotatable bonds is 5. The molecule has 1 saturated heterocycles. The van der Waals surface area contributed by atoms with Gasteiger partial charge in [-0.3, -0.25) is 0 Å². The van der Waals surface area contributed by atoms with Crippen molar-refractivity contribution in [3.63, 3.8) is 0 Å². The molecule has 1 atom stereocenters. The zero-order valence-electron chi connectivity index (χ0n) is 13.2. The number of aryl methyl sites for hydroxylation is 1. The van der Waals surface area contributed by atoms with Gasteiger partial charge in [-0.15, -0.1) is 0 Å². The van der Waals surface area contributed by atoms with Crippen LogP contribution in [0.25, 0.3) is 0 Å². The lowest BCUT2D eigenvalue weighted by Gasteiger charge is -2.24. The SMILES string of the molecule is CCCc1cnc(Nc2ccc(C3CNCCO3)cc2F)nc1. The molecule has 2 aromatic rings. The molecule has 0 saturated carbocycles. The number of morpholine rings is 1. The lowest BCUT2D eigenvalue weighted by atomic mass is 10.1. The molecular weight excluding hydrogens is 295 g/mol. The molecule has 1 aliphatic rings. The molecule has 2 N–H and O–H groups in total. The van der Waals surface area contributed by atoms with Gasteiger partial charge in [-0.05, 0) is 29.7 Å². The van der Waals surface area contributed by atoms with Crippen molar-refractivity contribution in [2.75, 3.05) is 25.0 Å². The molecule has 0 aliphatic carbocycles. The van der Waals surface area contributed by atoms with Crippen molar-refractivity contribution in [3.05, 3.63) is 47.5 Å². The fraction of sp³-hybridized carbons (Fsp3) is 0.412. The van der Waals surface area contributed by atoms with E-state index in [2.05, 4.69) is 27.5 Å². The molecule has 23 heavy (non-hydrogen) atoms. The van der Waals surface area contributed by atoms with E-state index in [0.717, 1.165) is 30.5 Å². The highest BCUT2D eigenvalue weighted by atomic mass is 19.1. The summed E-state index contributed by atoms with van der Waals surface area (Å²) < 4.78 is 19.9. The Balaban J connectivity index is 1.70. The largest absolute Gasteiger partial charge is 0.371 e. The fourth-order valence-corrected chi connectivity index (χ4v) is 2.57. The van der Waals surface area contributed by atoms with E-state index in [0.29, 0.717) is 24.8 Å². The Bertz CT molecular complexity index is 642. The van der Waals surface area contributed by atoms with E-state index in [4.69, 9.17) is 4.74 Å². The van der Waals surface area contributed by atoms with E-state index in [1.54, 1.807) is 18.5 Å². The van der Waals surface area contributed by atoms with Crippen LogP contribution in [0.3, 0.4) is 0 Å². The fourth-order valence-electron chi connectivity index (χ4n) is 2.57. The number of halogens is 1. The average Bonchev–Trinajstić information content (AvgIpc) is 2.59. The summed E-state index contributed by atoms with van der Waals surface area (Å²) in [5, 5.41) is 6.16. The maximum Gasteiger partial charge on any atom is 0.227 e. The molecule has 1 fully saturated rings. The molecule has 0 bridgehead atoms. The topological polar surface area (TPSA) is 59.1 Å². The first-order valence-electron chi connectivity index (χ1n) is 7.96. The summed E-state index contributed by atoms with van der Waals surface area (Å²) in [7, 11) is 0. The summed E-state index contributed by atoms with van der Waals surface area (Å²) >= 11 is 0. The molecular formula is C17H21FN4O. The minimum Gasteiger partial charge on any atom is -0.371 e. The summed E-state index contributed by atoms with van der Waals surface area (Å²) in [5.41, 5.74) is 2.27. The Morgan fingerprint density at radius 2 is 2.17 bits per heavy atom. The molecule has 1 unspecified atom stereocenters. The van der Waals surface area contributed by atoms with E-state index < -0.39 is 0 Å².